The first-order chi connectivity index (χ1) is 11.6. The summed E-state index contributed by atoms with van der Waals surface area (Å²) in [5.41, 5.74) is 0. The van der Waals surface area contributed by atoms with E-state index in [4.69, 9.17) is 13.3 Å². The molecule has 138 valence electrons. The summed E-state index contributed by atoms with van der Waals surface area (Å²) in [6, 6.07) is 0.748. The fourth-order valence-electron chi connectivity index (χ4n) is 2.18. The van der Waals surface area contributed by atoms with Crippen LogP contribution in [-0.4, -0.2) is 64.2 Å². The molecule has 0 aliphatic rings. The molecule has 0 aliphatic carbocycles. The van der Waals surface area contributed by atoms with E-state index in [9.17, 15) is 0 Å². The number of nitrogens with one attached hydrogen (secondary N) is 3. The number of nitrogens with zero attached hydrogens (tertiary/aromatic N) is 3. The average molecular weight is 359 g/mol. The normalized spacial score (nSPS) is 11.4. The van der Waals surface area contributed by atoms with Crippen molar-refractivity contribution < 1.29 is 13.3 Å². The summed E-state index contributed by atoms with van der Waals surface area (Å²) in [6.45, 7) is 8.33. The monoisotopic (exact) mass is 358 g/mol. The van der Waals surface area contributed by atoms with Gasteiger partial charge in [0.2, 0.25) is 17.8 Å². The molecular weight excluding hydrogens is 328 g/mol. The van der Waals surface area contributed by atoms with Crippen LogP contribution in [0.15, 0.2) is 0 Å². The first-order valence-electron chi connectivity index (χ1n) is 8.40. The van der Waals surface area contributed by atoms with Crippen LogP contribution in [0.2, 0.25) is 6.04 Å². The number of hydrogen-bond donors (Lipinski definition) is 3. The van der Waals surface area contributed by atoms with Gasteiger partial charge in [-0.15, -0.1) is 0 Å². The van der Waals surface area contributed by atoms with Gasteiger partial charge in [-0.3, -0.25) is 0 Å². The van der Waals surface area contributed by atoms with E-state index in [1.165, 1.54) is 0 Å². The van der Waals surface area contributed by atoms with E-state index in [-0.39, 0.29) is 0 Å². The lowest BCUT2D eigenvalue weighted by atomic mass is 10.5. The quantitative estimate of drug-likeness (QED) is 0.360. The number of anilines is 3. The molecule has 10 heteroatoms. The van der Waals surface area contributed by atoms with Crippen molar-refractivity contribution in [3.05, 3.63) is 0 Å². The van der Waals surface area contributed by atoms with Crippen LogP contribution in [0.25, 0.3) is 0 Å². The second-order valence-corrected chi connectivity index (χ2v) is 7.55. The van der Waals surface area contributed by atoms with Crippen LogP contribution in [0.5, 0.6) is 0 Å². The highest BCUT2D eigenvalue weighted by molar-refractivity contribution is 6.60. The van der Waals surface area contributed by atoms with Gasteiger partial charge in [0.05, 0.1) is 0 Å². The van der Waals surface area contributed by atoms with Gasteiger partial charge in [0.25, 0.3) is 0 Å². The first-order valence-corrected chi connectivity index (χ1v) is 10.3. The fraction of sp³-hybridized carbons (Fsp3) is 0.786. The lowest BCUT2D eigenvalue weighted by Crippen LogP contribution is -2.46. The van der Waals surface area contributed by atoms with E-state index in [2.05, 4.69) is 30.9 Å². The lowest BCUT2D eigenvalue weighted by Gasteiger charge is -2.28. The molecule has 0 unspecified atom stereocenters. The molecule has 0 radical (unpaired) electrons. The highest BCUT2D eigenvalue weighted by atomic mass is 28.4. The first kappa shape index (κ1) is 20.6. The van der Waals surface area contributed by atoms with Crippen molar-refractivity contribution in [1.29, 1.82) is 0 Å². The molecule has 1 aromatic rings. The van der Waals surface area contributed by atoms with Crippen molar-refractivity contribution in [2.45, 2.75) is 33.2 Å². The molecule has 0 bridgehead atoms. The highest BCUT2D eigenvalue weighted by Crippen LogP contribution is 2.18. The highest BCUT2D eigenvalue weighted by Gasteiger charge is 2.39. The summed E-state index contributed by atoms with van der Waals surface area (Å²) >= 11 is 0. The van der Waals surface area contributed by atoms with Crippen LogP contribution in [-0.2, 0) is 13.3 Å². The van der Waals surface area contributed by atoms with Crippen LogP contribution >= 0.6 is 0 Å². The maximum atomic E-state index is 5.84. The molecule has 0 spiro atoms. The SMILES string of the molecule is CCO[Si](CCCNc1nc(NC)nc(NC)n1)(OCC)OCC. The summed E-state index contributed by atoms with van der Waals surface area (Å²) in [6.07, 6.45) is 0.835. The van der Waals surface area contributed by atoms with E-state index >= 15 is 0 Å². The zero-order valence-corrected chi connectivity index (χ0v) is 16.3. The van der Waals surface area contributed by atoms with Crippen molar-refractivity contribution >= 4 is 26.6 Å². The largest absolute Gasteiger partial charge is 0.500 e. The topological polar surface area (TPSA) is 102 Å². The molecule has 0 amide bonds. The molecule has 0 saturated carbocycles. The Balaban J connectivity index is 2.58. The van der Waals surface area contributed by atoms with Gasteiger partial charge in [0, 0.05) is 46.5 Å². The molecule has 1 rings (SSSR count). The Bertz CT molecular complexity index is 441. The molecule has 1 aromatic heterocycles. The van der Waals surface area contributed by atoms with E-state index in [1.807, 2.05) is 20.8 Å². The molecule has 0 aromatic carbocycles. The van der Waals surface area contributed by atoms with Crippen molar-refractivity contribution in [3.63, 3.8) is 0 Å². The molecule has 0 fully saturated rings. The van der Waals surface area contributed by atoms with Gasteiger partial charge in [0.1, 0.15) is 0 Å². The molecule has 1 heterocycles. The second kappa shape index (κ2) is 11.1. The molecule has 3 N–H and O–H groups in total. The van der Waals surface area contributed by atoms with Crippen LogP contribution in [0.1, 0.15) is 27.2 Å². The summed E-state index contributed by atoms with van der Waals surface area (Å²) in [5, 5.41) is 9.03. The third kappa shape index (κ3) is 6.55. The number of hydrogen-bond acceptors (Lipinski definition) is 9. The molecule has 0 aliphatic heterocycles. The average Bonchev–Trinajstić information content (AvgIpc) is 2.59. The van der Waals surface area contributed by atoms with E-state index in [0.29, 0.717) is 44.2 Å². The van der Waals surface area contributed by atoms with Crippen molar-refractivity contribution in [2.75, 3.05) is 56.4 Å². The Morgan fingerprint density at radius 2 is 1.25 bits per heavy atom. The fourth-order valence-corrected chi connectivity index (χ4v) is 4.80. The maximum Gasteiger partial charge on any atom is 0.500 e. The number of rotatable bonds is 13. The standard InChI is InChI=1S/C14H30N6O3Si/c1-6-21-24(22-7-2,23-8-3)11-9-10-17-14-19-12(15-4)18-13(16-5)20-14/h6-11H2,1-5H3,(H3,15,16,17,18,19,20). The van der Waals surface area contributed by atoms with Crippen LogP contribution in [0, 0.1) is 0 Å². The zero-order chi connectivity index (χ0) is 17.8. The van der Waals surface area contributed by atoms with E-state index in [1.54, 1.807) is 14.1 Å². The van der Waals surface area contributed by atoms with Crippen molar-refractivity contribution in [3.8, 4) is 0 Å². The Morgan fingerprint density at radius 3 is 1.67 bits per heavy atom. The number of aromatic nitrogens is 3. The minimum atomic E-state index is -2.59. The van der Waals surface area contributed by atoms with Gasteiger partial charge in [-0.2, -0.15) is 15.0 Å². The van der Waals surface area contributed by atoms with Gasteiger partial charge >= 0.3 is 8.80 Å². The van der Waals surface area contributed by atoms with Crippen LogP contribution in [0.3, 0.4) is 0 Å². The van der Waals surface area contributed by atoms with Crippen LogP contribution in [0.4, 0.5) is 17.8 Å². The van der Waals surface area contributed by atoms with Gasteiger partial charge in [-0.25, -0.2) is 0 Å². The Hall–Kier alpha value is -1.49. The molecular formula is C14H30N6O3Si. The minimum absolute atomic E-state index is 0.513. The predicted octanol–water partition coefficient (Wildman–Crippen LogP) is 1.81. The van der Waals surface area contributed by atoms with Crippen molar-refractivity contribution in [1.82, 2.24) is 15.0 Å². The predicted molar refractivity (Wildman–Crippen MR) is 97.5 cm³/mol. The smallest absolute Gasteiger partial charge is 0.374 e. The third-order valence-corrected chi connectivity index (χ3v) is 6.27. The lowest BCUT2D eigenvalue weighted by molar-refractivity contribution is 0.0710. The second-order valence-electron chi connectivity index (χ2n) is 4.82. The zero-order valence-electron chi connectivity index (χ0n) is 15.3. The van der Waals surface area contributed by atoms with Gasteiger partial charge in [-0.05, 0) is 27.2 Å². The van der Waals surface area contributed by atoms with Crippen LogP contribution < -0.4 is 16.0 Å². The maximum absolute atomic E-state index is 5.84. The van der Waals surface area contributed by atoms with E-state index in [0.717, 1.165) is 12.5 Å². The van der Waals surface area contributed by atoms with Gasteiger partial charge in [0.15, 0.2) is 0 Å². The van der Waals surface area contributed by atoms with E-state index < -0.39 is 8.80 Å². The van der Waals surface area contributed by atoms with Gasteiger partial charge in [-0.1, -0.05) is 0 Å². The minimum Gasteiger partial charge on any atom is -0.374 e. The third-order valence-electron chi connectivity index (χ3n) is 3.12. The van der Waals surface area contributed by atoms with Crippen molar-refractivity contribution in [2.24, 2.45) is 0 Å². The molecule has 0 atom stereocenters. The van der Waals surface area contributed by atoms with Gasteiger partial charge < -0.3 is 29.2 Å². The summed E-state index contributed by atoms with van der Waals surface area (Å²) < 4.78 is 17.5. The Morgan fingerprint density at radius 1 is 0.792 bits per heavy atom. The summed E-state index contributed by atoms with van der Waals surface area (Å²) in [4.78, 5) is 12.7. The molecule has 24 heavy (non-hydrogen) atoms. The molecule has 9 nitrogen and oxygen atoms in total. The summed E-state index contributed by atoms with van der Waals surface area (Å²) in [5.74, 6) is 1.55. The Kier molecular flexibility index (Phi) is 9.53. The molecule has 0 saturated heterocycles. The summed E-state index contributed by atoms with van der Waals surface area (Å²) in [7, 11) is 0.950. The Labute approximate surface area is 145 Å².